The predicted molar refractivity (Wildman–Crippen MR) is 200 cm³/mol. The summed E-state index contributed by atoms with van der Waals surface area (Å²) in [5, 5.41) is 2.37. The van der Waals surface area contributed by atoms with E-state index in [2.05, 4.69) is 118 Å². The average Bonchev–Trinajstić information content (AvgIpc) is 3.47. The molecular formula is C44H46N2O2. The summed E-state index contributed by atoms with van der Waals surface area (Å²) in [6.45, 7) is 16.6. The van der Waals surface area contributed by atoms with Gasteiger partial charge in [0.15, 0.2) is 0 Å². The second kappa shape index (κ2) is 12.6. The normalized spacial score (nSPS) is 13.4. The van der Waals surface area contributed by atoms with E-state index in [9.17, 15) is 4.79 Å². The van der Waals surface area contributed by atoms with Crippen LogP contribution >= 0.6 is 0 Å². The number of nitrogens with one attached hydrogen (secondary N) is 1. The number of fused-ring (bicyclic) bond motifs is 6. The Labute approximate surface area is 284 Å². The molecule has 48 heavy (non-hydrogen) atoms. The van der Waals surface area contributed by atoms with Crippen molar-refractivity contribution in [1.29, 1.82) is 0 Å². The van der Waals surface area contributed by atoms with Gasteiger partial charge in [0, 0.05) is 39.6 Å². The second-order valence-electron chi connectivity index (χ2n) is 14.5. The number of carbonyl (C=O) groups is 1. The molecule has 244 valence electrons. The van der Waals surface area contributed by atoms with E-state index in [1.54, 1.807) is 0 Å². The molecule has 0 radical (unpaired) electrons. The predicted octanol–water partition coefficient (Wildman–Crippen LogP) is 11.9. The Morgan fingerprint density at radius 3 is 2.00 bits per heavy atom. The monoisotopic (exact) mass is 634 g/mol. The molecule has 0 saturated heterocycles. The van der Waals surface area contributed by atoms with Crippen LogP contribution in [0.2, 0.25) is 0 Å². The SMILES string of the molecule is CC(C)c1ccc2c(c1)CN(c1cc(C(C)C)cc3[nH]c4cc(C(C)C(=O)OCc5ccccc5)ccc4c13)c1cc(C(C)C)ccc1-2. The van der Waals surface area contributed by atoms with E-state index >= 15 is 0 Å². The summed E-state index contributed by atoms with van der Waals surface area (Å²) < 4.78 is 5.71. The minimum Gasteiger partial charge on any atom is -0.460 e. The third kappa shape index (κ3) is 5.78. The van der Waals surface area contributed by atoms with Crippen LogP contribution in [0.1, 0.15) is 106 Å². The van der Waals surface area contributed by atoms with Gasteiger partial charge in [-0.05, 0) is 87.9 Å². The van der Waals surface area contributed by atoms with Crippen molar-refractivity contribution in [2.45, 2.75) is 85.3 Å². The molecule has 1 aliphatic rings. The number of benzene rings is 5. The Kier molecular flexibility index (Phi) is 8.37. The van der Waals surface area contributed by atoms with Gasteiger partial charge in [0.1, 0.15) is 6.61 Å². The van der Waals surface area contributed by atoms with Crippen LogP contribution in [0.15, 0.2) is 97.1 Å². The number of aromatic amines is 1. The van der Waals surface area contributed by atoms with Crippen molar-refractivity contribution < 1.29 is 9.53 Å². The summed E-state index contributed by atoms with van der Waals surface area (Å²) in [6, 6.07) is 35.0. The molecule has 0 fully saturated rings. The maximum Gasteiger partial charge on any atom is 0.313 e. The quantitative estimate of drug-likeness (QED) is 0.169. The second-order valence-corrected chi connectivity index (χ2v) is 14.5. The summed E-state index contributed by atoms with van der Waals surface area (Å²) in [4.78, 5) is 19.4. The van der Waals surface area contributed by atoms with Crippen LogP contribution in [0.5, 0.6) is 0 Å². The van der Waals surface area contributed by atoms with Gasteiger partial charge >= 0.3 is 5.97 Å². The molecule has 1 unspecified atom stereocenters. The van der Waals surface area contributed by atoms with Gasteiger partial charge in [0.05, 0.1) is 11.6 Å². The largest absolute Gasteiger partial charge is 0.460 e. The maximum absolute atomic E-state index is 13.1. The van der Waals surface area contributed by atoms with Crippen LogP contribution in [0.25, 0.3) is 32.9 Å². The van der Waals surface area contributed by atoms with Crippen LogP contribution in [-0.4, -0.2) is 11.0 Å². The lowest BCUT2D eigenvalue weighted by Crippen LogP contribution is -2.22. The van der Waals surface area contributed by atoms with E-state index in [0.29, 0.717) is 17.8 Å². The van der Waals surface area contributed by atoms with Gasteiger partial charge in [-0.3, -0.25) is 4.79 Å². The minimum atomic E-state index is -0.384. The number of ether oxygens (including phenoxy) is 1. The van der Waals surface area contributed by atoms with Gasteiger partial charge in [-0.25, -0.2) is 0 Å². The molecule has 4 heteroatoms. The van der Waals surface area contributed by atoms with Gasteiger partial charge in [0.2, 0.25) is 0 Å². The standard InChI is InChI=1S/C44H46N2O2/c1-26(2)31-13-16-36-35(19-31)24-46(41-22-32(27(3)4)14-17-37(36)41)42-23-34(28(5)6)21-40-43(42)38-18-15-33(20-39(38)45-40)29(7)44(47)48-25-30-11-9-8-10-12-30/h8-23,26-29,45H,24-25H2,1-7H3. The molecule has 6 aromatic rings. The first-order valence-electron chi connectivity index (χ1n) is 17.4. The zero-order valence-electron chi connectivity index (χ0n) is 29.2. The molecule has 1 atom stereocenters. The zero-order chi connectivity index (χ0) is 33.7. The van der Waals surface area contributed by atoms with Crippen molar-refractivity contribution in [3.8, 4) is 11.1 Å². The number of aromatic nitrogens is 1. The molecule has 4 nitrogen and oxygen atoms in total. The fourth-order valence-electron chi connectivity index (χ4n) is 7.06. The first kappa shape index (κ1) is 31.8. The van der Waals surface area contributed by atoms with Crippen LogP contribution < -0.4 is 4.90 Å². The van der Waals surface area contributed by atoms with Crippen molar-refractivity contribution >= 4 is 39.1 Å². The Morgan fingerprint density at radius 1 is 0.667 bits per heavy atom. The lowest BCUT2D eigenvalue weighted by atomic mass is 9.87. The molecule has 5 aromatic carbocycles. The summed E-state index contributed by atoms with van der Waals surface area (Å²) in [5.41, 5.74) is 14.5. The van der Waals surface area contributed by atoms with E-state index < -0.39 is 0 Å². The number of anilines is 2. The molecule has 0 aliphatic carbocycles. The van der Waals surface area contributed by atoms with Crippen LogP contribution in [0, 0.1) is 0 Å². The van der Waals surface area contributed by atoms with Crippen molar-refractivity contribution in [3.63, 3.8) is 0 Å². The number of rotatable bonds is 8. The number of esters is 1. The fraction of sp³-hybridized carbons (Fsp3) is 0.295. The highest BCUT2D eigenvalue weighted by Crippen LogP contribution is 2.48. The molecule has 1 aromatic heterocycles. The van der Waals surface area contributed by atoms with E-state index in [1.165, 1.54) is 50.1 Å². The van der Waals surface area contributed by atoms with Crippen molar-refractivity contribution in [1.82, 2.24) is 4.98 Å². The van der Waals surface area contributed by atoms with Crippen molar-refractivity contribution in [2.75, 3.05) is 4.90 Å². The lowest BCUT2D eigenvalue weighted by Gasteiger charge is -2.35. The molecule has 1 aliphatic heterocycles. The Hall–Kier alpha value is -4.83. The van der Waals surface area contributed by atoms with Gasteiger partial charge in [0.25, 0.3) is 0 Å². The molecule has 0 bridgehead atoms. The highest BCUT2D eigenvalue weighted by Gasteiger charge is 2.28. The number of carbonyl (C=O) groups excluding carboxylic acids is 1. The summed E-state index contributed by atoms with van der Waals surface area (Å²) in [6.07, 6.45) is 0. The highest BCUT2D eigenvalue weighted by molar-refractivity contribution is 6.15. The first-order chi connectivity index (χ1) is 23.1. The van der Waals surface area contributed by atoms with Gasteiger partial charge < -0.3 is 14.6 Å². The molecule has 0 spiro atoms. The molecular weight excluding hydrogens is 588 g/mol. The smallest absolute Gasteiger partial charge is 0.313 e. The fourth-order valence-corrected chi connectivity index (χ4v) is 7.06. The topological polar surface area (TPSA) is 45.3 Å². The van der Waals surface area contributed by atoms with Crippen molar-refractivity contribution in [3.05, 3.63) is 130 Å². The van der Waals surface area contributed by atoms with Gasteiger partial charge in [-0.15, -0.1) is 0 Å². The first-order valence-corrected chi connectivity index (χ1v) is 17.4. The maximum atomic E-state index is 13.1. The van der Waals surface area contributed by atoms with E-state index in [-0.39, 0.29) is 18.5 Å². The number of H-pyrrole nitrogens is 1. The Morgan fingerprint density at radius 2 is 1.29 bits per heavy atom. The number of nitrogens with zero attached hydrogens (tertiary/aromatic N) is 1. The average molecular weight is 635 g/mol. The highest BCUT2D eigenvalue weighted by atomic mass is 16.5. The Bertz CT molecular complexity index is 2140. The number of hydrogen-bond acceptors (Lipinski definition) is 3. The molecule has 2 heterocycles. The molecule has 0 saturated carbocycles. The third-order valence-corrected chi connectivity index (χ3v) is 10.2. The summed E-state index contributed by atoms with van der Waals surface area (Å²) in [5.74, 6) is 0.648. The van der Waals surface area contributed by atoms with Crippen LogP contribution in [0.3, 0.4) is 0 Å². The van der Waals surface area contributed by atoms with E-state index in [0.717, 1.165) is 34.1 Å². The van der Waals surface area contributed by atoms with Gasteiger partial charge in [-0.1, -0.05) is 114 Å². The number of hydrogen-bond donors (Lipinski definition) is 1. The minimum absolute atomic E-state index is 0.220. The van der Waals surface area contributed by atoms with Crippen LogP contribution in [0.4, 0.5) is 11.4 Å². The summed E-state index contributed by atoms with van der Waals surface area (Å²) >= 11 is 0. The summed E-state index contributed by atoms with van der Waals surface area (Å²) in [7, 11) is 0. The van der Waals surface area contributed by atoms with E-state index in [1.807, 2.05) is 37.3 Å². The van der Waals surface area contributed by atoms with Crippen LogP contribution in [-0.2, 0) is 22.7 Å². The third-order valence-electron chi connectivity index (χ3n) is 10.2. The van der Waals surface area contributed by atoms with Crippen molar-refractivity contribution in [2.24, 2.45) is 0 Å². The zero-order valence-corrected chi connectivity index (χ0v) is 29.2. The molecule has 1 N–H and O–H groups in total. The lowest BCUT2D eigenvalue weighted by molar-refractivity contribution is -0.146. The molecule has 0 amide bonds. The Balaban J connectivity index is 1.35. The van der Waals surface area contributed by atoms with E-state index in [4.69, 9.17) is 4.74 Å². The van der Waals surface area contributed by atoms with Gasteiger partial charge in [-0.2, -0.15) is 0 Å². The molecule has 7 rings (SSSR count).